The number of nitrogens with zero attached hydrogens (tertiary/aromatic N) is 2. The summed E-state index contributed by atoms with van der Waals surface area (Å²) in [6, 6.07) is 7.85. The molecule has 0 bridgehead atoms. The number of carbonyl (C=O) groups is 1. The summed E-state index contributed by atoms with van der Waals surface area (Å²) in [7, 11) is -3.64. The van der Waals surface area contributed by atoms with Gasteiger partial charge in [0.05, 0.1) is 20.0 Å². The topological polar surface area (TPSA) is 77.9 Å². The van der Waals surface area contributed by atoms with Gasteiger partial charge in [0.15, 0.2) is 0 Å². The molecule has 0 radical (unpaired) electrons. The summed E-state index contributed by atoms with van der Waals surface area (Å²) in [4.78, 5) is 14.4. The molecule has 0 unspecified atom stereocenters. The molecule has 0 atom stereocenters. The molecule has 3 rings (SSSR count). The van der Waals surface area contributed by atoms with Gasteiger partial charge in [-0.3, -0.25) is 4.79 Å². The number of hydrogen-bond acceptors (Lipinski definition) is 4. The summed E-state index contributed by atoms with van der Waals surface area (Å²) in [5.41, 5.74) is 0.778. The first-order valence-electron chi connectivity index (χ1n) is 8.35. The quantitative estimate of drug-likeness (QED) is 0.702. The number of benzene rings is 2. The first kappa shape index (κ1) is 21.2. The second kappa shape index (κ2) is 8.08. The molecule has 1 aliphatic heterocycles. The van der Waals surface area contributed by atoms with E-state index >= 15 is 0 Å². The third kappa shape index (κ3) is 3.95. The predicted molar refractivity (Wildman–Crippen MR) is 109 cm³/mol. The van der Waals surface area contributed by atoms with E-state index in [1.165, 1.54) is 15.3 Å². The highest BCUT2D eigenvalue weighted by Gasteiger charge is 2.32. The molecule has 1 heterocycles. The van der Waals surface area contributed by atoms with E-state index in [9.17, 15) is 18.3 Å². The van der Waals surface area contributed by atoms with Gasteiger partial charge in [0.25, 0.3) is 5.91 Å². The summed E-state index contributed by atoms with van der Waals surface area (Å²) in [5.74, 6) is -1.00. The van der Waals surface area contributed by atoms with Gasteiger partial charge in [-0.1, -0.05) is 52.5 Å². The molecule has 1 fully saturated rings. The molecule has 1 saturated heterocycles. The van der Waals surface area contributed by atoms with Crippen LogP contribution in [0.3, 0.4) is 0 Å². The van der Waals surface area contributed by atoms with Crippen molar-refractivity contribution in [1.82, 2.24) is 9.21 Å². The summed E-state index contributed by atoms with van der Waals surface area (Å²) < 4.78 is 26.9. The highest BCUT2D eigenvalue weighted by Crippen LogP contribution is 2.39. The first-order valence-corrected chi connectivity index (χ1v) is 10.9. The van der Waals surface area contributed by atoms with Crippen LogP contribution in [-0.4, -0.2) is 54.8 Å². The average Bonchev–Trinajstić information content (AvgIpc) is 2.67. The van der Waals surface area contributed by atoms with Crippen LogP contribution in [0.2, 0.25) is 15.1 Å². The van der Waals surface area contributed by atoms with E-state index in [4.69, 9.17) is 34.8 Å². The number of phenolic OH excluding ortho intramolecular Hbond substituents is 1. The van der Waals surface area contributed by atoms with E-state index in [1.807, 2.05) is 6.92 Å². The van der Waals surface area contributed by atoms with E-state index in [0.717, 1.165) is 5.56 Å². The van der Waals surface area contributed by atoms with Crippen molar-refractivity contribution in [3.8, 4) is 5.75 Å². The van der Waals surface area contributed by atoms with Gasteiger partial charge in [0.1, 0.15) is 11.3 Å². The molecule has 2 aromatic rings. The number of aromatic hydroxyl groups is 1. The van der Waals surface area contributed by atoms with Crippen LogP contribution >= 0.6 is 34.8 Å². The van der Waals surface area contributed by atoms with Crippen molar-refractivity contribution in [3.05, 3.63) is 56.5 Å². The van der Waals surface area contributed by atoms with Crippen LogP contribution in [0.4, 0.5) is 0 Å². The van der Waals surface area contributed by atoms with Gasteiger partial charge in [-0.25, -0.2) is 8.42 Å². The van der Waals surface area contributed by atoms with Crippen molar-refractivity contribution in [2.75, 3.05) is 26.2 Å². The van der Waals surface area contributed by atoms with Crippen molar-refractivity contribution in [2.24, 2.45) is 0 Å². The molecule has 1 amide bonds. The number of carbonyl (C=O) groups excluding carboxylic acids is 1. The summed E-state index contributed by atoms with van der Waals surface area (Å²) in [6.07, 6.45) is 0. The van der Waals surface area contributed by atoms with Crippen molar-refractivity contribution in [3.63, 3.8) is 0 Å². The fraction of sp³-hybridized carbons (Fsp3) is 0.278. The minimum atomic E-state index is -3.64. The Hall–Kier alpha value is -1.51. The monoisotopic (exact) mass is 462 g/mol. The van der Waals surface area contributed by atoms with Crippen LogP contribution in [0.15, 0.2) is 35.2 Å². The third-order valence-electron chi connectivity index (χ3n) is 4.54. The second-order valence-corrected chi connectivity index (χ2v) is 9.52. The van der Waals surface area contributed by atoms with Gasteiger partial charge in [-0.05, 0) is 25.1 Å². The molecular weight excluding hydrogens is 447 g/mol. The van der Waals surface area contributed by atoms with Crippen LogP contribution in [0.25, 0.3) is 0 Å². The van der Waals surface area contributed by atoms with Crippen LogP contribution in [-0.2, 0) is 10.0 Å². The number of hydrogen-bond donors (Lipinski definition) is 1. The lowest BCUT2D eigenvalue weighted by molar-refractivity contribution is 0.0695. The number of amides is 1. The standard InChI is InChI=1S/C18H17Cl3N2O4S/c1-11-2-4-12(5-3-11)28(26,27)23-8-6-22(7-9-23)18(25)15-16(21)13(19)10-14(20)17(15)24/h2-5,10,24H,6-9H2,1H3. The molecule has 28 heavy (non-hydrogen) atoms. The summed E-state index contributed by atoms with van der Waals surface area (Å²) in [5, 5.41) is 10.00. The smallest absolute Gasteiger partial charge is 0.259 e. The average molecular weight is 464 g/mol. The zero-order chi connectivity index (χ0) is 20.6. The maximum Gasteiger partial charge on any atom is 0.259 e. The largest absolute Gasteiger partial charge is 0.505 e. The van der Waals surface area contributed by atoms with Crippen LogP contribution in [0, 0.1) is 6.92 Å². The maximum absolute atomic E-state index is 12.8. The van der Waals surface area contributed by atoms with E-state index in [1.54, 1.807) is 24.3 Å². The Morgan fingerprint density at radius 1 is 1.00 bits per heavy atom. The predicted octanol–water partition coefficient (Wildman–Crippen LogP) is 3.81. The van der Waals surface area contributed by atoms with E-state index in [2.05, 4.69) is 0 Å². The van der Waals surface area contributed by atoms with Crippen LogP contribution in [0.5, 0.6) is 5.75 Å². The Kier molecular flexibility index (Phi) is 6.12. The van der Waals surface area contributed by atoms with Crippen LogP contribution in [0.1, 0.15) is 15.9 Å². The van der Waals surface area contributed by atoms with Gasteiger partial charge < -0.3 is 10.0 Å². The molecule has 0 aromatic heterocycles. The highest BCUT2D eigenvalue weighted by molar-refractivity contribution is 7.89. The minimum absolute atomic E-state index is 0.0494. The van der Waals surface area contributed by atoms with Gasteiger partial charge >= 0.3 is 0 Å². The number of sulfonamides is 1. The number of rotatable bonds is 3. The fourth-order valence-electron chi connectivity index (χ4n) is 2.93. The van der Waals surface area contributed by atoms with Gasteiger partial charge in [-0.2, -0.15) is 4.31 Å². The van der Waals surface area contributed by atoms with E-state index in [0.29, 0.717) is 0 Å². The van der Waals surface area contributed by atoms with Crippen molar-refractivity contribution < 1.29 is 18.3 Å². The lowest BCUT2D eigenvalue weighted by Gasteiger charge is -2.34. The SMILES string of the molecule is Cc1ccc(S(=O)(=O)N2CCN(C(=O)c3c(O)c(Cl)cc(Cl)c3Cl)CC2)cc1. The van der Waals surface area contributed by atoms with E-state index in [-0.39, 0.29) is 51.7 Å². The maximum atomic E-state index is 12.8. The summed E-state index contributed by atoms with van der Waals surface area (Å²) >= 11 is 17.9. The minimum Gasteiger partial charge on any atom is -0.505 e. The fourth-order valence-corrected chi connectivity index (χ4v) is 5.04. The molecule has 10 heteroatoms. The Morgan fingerprint density at radius 3 is 2.14 bits per heavy atom. The first-order chi connectivity index (χ1) is 13.1. The molecule has 0 aliphatic carbocycles. The van der Waals surface area contributed by atoms with Crippen LogP contribution < -0.4 is 0 Å². The highest BCUT2D eigenvalue weighted by atomic mass is 35.5. The van der Waals surface area contributed by atoms with Crippen molar-refractivity contribution in [2.45, 2.75) is 11.8 Å². The van der Waals surface area contributed by atoms with Gasteiger partial charge in [0.2, 0.25) is 10.0 Å². The Balaban J connectivity index is 1.77. The molecule has 0 saturated carbocycles. The molecule has 1 N–H and O–H groups in total. The van der Waals surface area contributed by atoms with Gasteiger partial charge in [-0.15, -0.1) is 0 Å². The number of halogens is 3. The normalized spacial score (nSPS) is 15.6. The van der Waals surface area contributed by atoms with Gasteiger partial charge in [0, 0.05) is 26.2 Å². The Labute approximate surface area is 178 Å². The number of phenols is 1. The zero-order valence-corrected chi connectivity index (χ0v) is 17.9. The number of aryl methyl sites for hydroxylation is 1. The number of piperazine rings is 1. The second-order valence-electron chi connectivity index (χ2n) is 6.39. The van der Waals surface area contributed by atoms with Crippen molar-refractivity contribution >= 4 is 50.7 Å². The Bertz CT molecular complexity index is 992. The van der Waals surface area contributed by atoms with Crippen molar-refractivity contribution in [1.29, 1.82) is 0 Å². The third-order valence-corrected chi connectivity index (χ3v) is 7.53. The molecular formula is C18H17Cl3N2O4S. The van der Waals surface area contributed by atoms with E-state index < -0.39 is 21.7 Å². The summed E-state index contributed by atoms with van der Waals surface area (Å²) in [6.45, 7) is 2.40. The molecule has 150 valence electrons. The lowest BCUT2D eigenvalue weighted by Crippen LogP contribution is -2.50. The zero-order valence-electron chi connectivity index (χ0n) is 14.8. The molecule has 6 nitrogen and oxygen atoms in total. The lowest BCUT2D eigenvalue weighted by atomic mass is 10.1. The molecule has 2 aromatic carbocycles. The Morgan fingerprint density at radius 2 is 1.57 bits per heavy atom. The molecule has 1 aliphatic rings. The molecule has 0 spiro atoms.